The van der Waals surface area contributed by atoms with Crippen LogP contribution in [0.4, 0.5) is 0 Å². The molecule has 0 aromatic heterocycles. The third-order valence-corrected chi connectivity index (χ3v) is 2.32. The van der Waals surface area contributed by atoms with E-state index >= 15 is 0 Å². The van der Waals surface area contributed by atoms with E-state index in [4.69, 9.17) is 14.2 Å². The first-order chi connectivity index (χ1) is 8.56. The second-order valence-corrected chi connectivity index (χ2v) is 3.97. The molecule has 0 aromatic rings. The second kappa shape index (κ2) is 9.88. The van der Waals surface area contributed by atoms with Gasteiger partial charge < -0.3 is 14.2 Å². The summed E-state index contributed by atoms with van der Waals surface area (Å²) in [5.41, 5.74) is 0. The molecule has 0 aliphatic rings. The van der Waals surface area contributed by atoms with Crippen LogP contribution < -0.4 is 0 Å². The summed E-state index contributed by atoms with van der Waals surface area (Å²) in [5.74, 6) is -1.97. The lowest BCUT2D eigenvalue weighted by atomic mass is 10.0. The van der Waals surface area contributed by atoms with Gasteiger partial charge in [-0.3, -0.25) is 9.59 Å². The lowest BCUT2D eigenvalue weighted by Gasteiger charge is -2.18. The summed E-state index contributed by atoms with van der Waals surface area (Å²) in [5, 5.41) is 0. The van der Waals surface area contributed by atoms with Crippen molar-refractivity contribution in [2.45, 2.75) is 46.6 Å². The van der Waals surface area contributed by atoms with E-state index in [2.05, 4.69) is 0 Å². The van der Waals surface area contributed by atoms with E-state index in [1.807, 2.05) is 13.8 Å². The molecule has 0 spiro atoms. The van der Waals surface area contributed by atoms with Gasteiger partial charge in [-0.1, -0.05) is 6.92 Å². The third kappa shape index (κ3) is 6.59. The molecule has 0 N–H and O–H groups in total. The molecule has 5 heteroatoms. The Kier molecular flexibility index (Phi) is 9.28. The highest BCUT2D eigenvalue weighted by molar-refractivity contribution is 5.94. The van der Waals surface area contributed by atoms with E-state index in [1.54, 1.807) is 13.8 Å². The van der Waals surface area contributed by atoms with Crippen molar-refractivity contribution in [2.24, 2.45) is 5.92 Å². The van der Waals surface area contributed by atoms with Crippen molar-refractivity contribution >= 4 is 11.9 Å². The Morgan fingerprint density at radius 3 is 1.89 bits per heavy atom. The van der Waals surface area contributed by atoms with Crippen LogP contribution in [-0.4, -0.2) is 37.9 Å². The van der Waals surface area contributed by atoms with E-state index in [-0.39, 0.29) is 25.7 Å². The first-order valence-corrected chi connectivity index (χ1v) is 6.51. The summed E-state index contributed by atoms with van der Waals surface area (Å²) in [6.07, 6.45) is 1.01. The molecule has 0 radical (unpaired) electrons. The molecule has 5 nitrogen and oxygen atoms in total. The largest absolute Gasteiger partial charge is 0.465 e. The van der Waals surface area contributed by atoms with Gasteiger partial charge in [-0.25, -0.2) is 0 Å². The Hall–Kier alpha value is -1.10. The number of hydrogen-bond acceptors (Lipinski definition) is 5. The first kappa shape index (κ1) is 16.9. The average molecular weight is 260 g/mol. The van der Waals surface area contributed by atoms with Gasteiger partial charge in [0.1, 0.15) is 0 Å². The summed E-state index contributed by atoms with van der Waals surface area (Å²) >= 11 is 0. The standard InChI is InChI=1S/C13H24O5/c1-5-8-18-10(4)9-11(12(14)16-6-2)13(15)17-7-3/h10-11H,5-9H2,1-4H3. The van der Waals surface area contributed by atoms with Gasteiger partial charge in [-0.2, -0.15) is 0 Å². The number of esters is 2. The van der Waals surface area contributed by atoms with Crippen LogP contribution in [0.1, 0.15) is 40.5 Å². The minimum absolute atomic E-state index is 0.177. The molecule has 106 valence electrons. The molecule has 0 aromatic carbocycles. The third-order valence-electron chi connectivity index (χ3n) is 2.32. The molecule has 0 saturated heterocycles. The fourth-order valence-corrected chi connectivity index (χ4v) is 1.49. The summed E-state index contributed by atoms with van der Waals surface area (Å²) in [7, 11) is 0. The zero-order valence-corrected chi connectivity index (χ0v) is 11.7. The Bertz CT molecular complexity index is 234. The fraction of sp³-hybridized carbons (Fsp3) is 0.846. The number of ether oxygens (including phenoxy) is 3. The molecule has 0 aliphatic heterocycles. The average Bonchev–Trinajstić information content (AvgIpc) is 2.33. The topological polar surface area (TPSA) is 61.8 Å². The Morgan fingerprint density at radius 2 is 1.50 bits per heavy atom. The van der Waals surface area contributed by atoms with Crippen molar-refractivity contribution < 1.29 is 23.8 Å². The van der Waals surface area contributed by atoms with Gasteiger partial charge in [-0.15, -0.1) is 0 Å². The Balaban J connectivity index is 4.45. The summed E-state index contributed by atoms with van der Waals surface area (Å²) < 4.78 is 15.2. The first-order valence-electron chi connectivity index (χ1n) is 6.51. The fourth-order valence-electron chi connectivity index (χ4n) is 1.49. The highest BCUT2D eigenvalue weighted by Crippen LogP contribution is 2.14. The summed E-state index contributed by atoms with van der Waals surface area (Å²) in [6.45, 7) is 8.35. The lowest BCUT2D eigenvalue weighted by molar-refractivity contribution is -0.163. The highest BCUT2D eigenvalue weighted by Gasteiger charge is 2.31. The van der Waals surface area contributed by atoms with E-state index in [0.717, 1.165) is 6.42 Å². The molecule has 0 rings (SSSR count). The van der Waals surface area contributed by atoms with Crippen LogP contribution in [0.2, 0.25) is 0 Å². The maximum Gasteiger partial charge on any atom is 0.320 e. The van der Waals surface area contributed by atoms with Gasteiger partial charge >= 0.3 is 11.9 Å². The minimum atomic E-state index is -0.892. The van der Waals surface area contributed by atoms with Gasteiger partial charge in [0.2, 0.25) is 0 Å². The molecule has 0 heterocycles. The van der Waals surface area contributed by atoms with Gasteiger partial charge in [0.05, 0.1) is 19.3 Å². The molecule has 0 fully saturated rings. The highest BCUT2D eigenvalue weighted by atomic mass is 16.6. The van der Waals surface area contributed by atoms with Gasteiger partial charge in [0.15, 0.2) is 5.92 Å². The van der Waals surface area contributed by atoms with Crippen molar-refractivity contribution in [3.63, 3.8) is 0 Å². The van der Waals surface area contributed by atoms with Crippen molar-refractivity contribution in [1.82, 2.24) is 0 Å². The minimum Gasteiger partial charge on any atom is -0.465 e. The maximum absolute atomic E-state index is 11.7. The van der Waals surface area contributed by atoms with Crippen LogP contribution in [0.25, 0.3) is 0 Å². The predicted molar refractivity (Wildman–Crippen MR) is 67.1 cm³/mol. The molecule has 18 heavy (non-hydrogen) atoms. The van der Waals surface area contributed by atoms with Crippen LogP contribution in [-0.2, 0) is 23.8 Å². The molecule has 1 atom stereocenters. The Labute approximate surface area is 109 Å². The number of carbonyl (C=O) groups is 2. The van der Waals surface area contributed by atoms with Crippen molar-refractivity contribution in [3.05, 3.63) is 0 Å². The molecule has 1 unspecified atom stereocenters. The number of carbonyl (C=O) groups excluding carboxylic acids is 2. The van der Waals surface area contributed by atoms with Crippen molar-refractivity contribution in [1.29, 1.82) is 0 Å². The molecule has 0 amide bonds. The maximum atomic E-state index is 11.7. The van der Waals surface area contributed by atoms with E-state index in [1.165, 1.54) is 0 Å². The Morgan fingerprint density at radius 1 is 1.00 bits per heavy atom. The van der Waals surface area contributed by atoms with Gasteiger partial charge in [0, 0.05) is 6.61 Å². The normalized spacial score (nSPS) is 12.3. The zero-order chi connectivity index (χ0) is 14.0. The van der Waals surface area contributed by atoms with Crippen LogP contribution >= 0.6 is 0 Å². The van der Waals surface area contributed by atoms with E-state index in [0.29, 0.717) is 6.61 Å². The van der Waals surface area contributed by atoms with E-state index in [9.17, 15) is 9.59 Å². The monoisotopic (exact) mass is 260 g/mol. The second-order valence-electron chi connectivity index (χ2n) is 3.97. The molecule has 0 aliphatic carbocycles. The van der Waals surface area contributed by atoms with Gasteiger partial charge in [0.25, 0.3) is 0 Å². The SMILES string of the molecule is CCCOC(C)CC(C(=O)OCC)C(=O)OCC. The molecular weight excluding hydrogens is 236 g/mol. The summed E-state index contributed by atoms with van der Waals surface area (Å²) in [4.78, 5) is 23.4. The van der Waals surface area contributed by atoms with Gasteiger partial charge in [-0.05, 0) is 33.6 Å². The van der Waals surface area contributed by atoms with Crippen LogP contribution in [0.15, 0.2) is 0 Å². The van der Waals surface area contributed by atoms with Crippen LogP contribution in [0, 0.1) is 5.92 Å². The smallest absolute Gasteiger partial charge is 0.320 e. The zero-order valence-electron chi connectivity index (χ0n) is 11.7. The van der Waals surface area contributed by atoms with Crippen LogP contribution in [0.3, 0.4) is 0 Å². The number of rotatable bonds is 9. The molecular formula is C13H24O5. The van der Waals surface area contributed by atoms with Crippen molar-refractivity contribution in [2.75, 3.05) is 19.8 Å². The van der Waals surface area contributed by atoms with Crippen molar-refractivity contribution in [3.8, 4) is 0 Å². The summed E-state index contributed by atoms with van der Waals surface area (Å²) in [6, 6.07) is 0. The lowest BCUT2D eigenvalue weighted by Crippen LogP contribution is -2.31. The van der Waals surface area contributed by atoms with E-state index < -0.39 is 17.9 Å². The molecule has 0 saturated carbocycles. The van der Waals surface area contributed by atoms with Crippen LogP contribution in [0.5, 0.6) is 0 Å². The quantitative estimate of drug-likeness (QED) is 0.468. The predicted octanol–water partition coefficient (Wildman–Crippen LogP) is 1.93. The molecule has 0 bridgehead atoms. The number of hydrogen-bond donors (Lipinski definition) is 0.